The summed E-state index contributed by atoms with van der Waals surface area (Å²) in [5.74, 6) is -1.16. The van der Waals surface area contributed by atoms with Crippen LogP contribution in [0.4, 0.5) is 21.5 Å². The number of nitrogens with one attached hydrogen (secondary N) is 1. The van der Waals surface area contributed by atoms with Gasteiger partial charge in [-0.15, -0.1) is 0 Å². The molecule has 10 nitrogen and oxygen atoms in total. The zero-order valence-electron chi connectivity index (χ0n) is 19.3. The van der Waals surface area contributed by atoms with Crippen molar-refractivity contribution in [3.8, 4) is 11.5 Å². The number of nitrogens with zero attached hydrogens (tertiary/aromatic N) is 2. The van der Waals surface area contributed by atoms with Crippen molar-refractivity contribution in [3.05, 3.63) is 81.1 Å². The molecule has 0 fully saturated rings. The lowest BCUT2D eigenvalue weighted by Gasteiger charge is -2.25. The van der Waals surface area contributed by atoms with Gasteiger partial charge < -0.3 is 14.8 Å². The fourth-order valence-electron chi connectivity index (χ4n) is 3.34. The Hall–Kier alpha value is -3.90. The Labute approximate surface area is 211 Å². The van der Waals surface area contributed by atoms with Gasteiger partial charge in [-0.2, -0.15) is 0 Å². The molecule has 3 aromatic rings. The van der Waals surface area contributed by atoms with E-state index in [1.165, 1.54) is 57.5 Å². The molecule has 1 N–H and O–H groups in total. The molecular weight excluding hydrogens is 517 g/mol. The molecule has 3 rings (SSSR count). The number of halogens is 2. The zero-order chi connectivity index (χ0) is 26.6. The van der Waals surface area contributed by atoms with Gasteiger partial charge in [-0.05, 0) is 43.3 Å². The summed E-state index contributed by atoms with van der Waals surface area (Å²) >= 11 is 5.88. The van der Waals surface area contributed by atoms with Gasteiger partial charge in [-0.25, -0.2) is 12.8 Å². The fraction of sp³-hybridized carbons (Fsp3) is 0.174. The van der Waals surface area contributed by atoms with Crippen molar-refractivity contribution in [2.24, 2.45) is 0 Å². The van der Waals surface area contributed by atoms with Crippen molar-refractivity contribution >= 4 is 44.6 Å². The molecule has 0 unspecified atom stereocenters. The third kappa shape index (κ3) is 5.50. The van der Waals surface area contributed by atoms with Gasteiger partial charge in [0, 0.05) is 12.1 Å². The molecule has 0 aliphatic heterocycles. The van der Waals surface area contributed by atoms with Crippen LogP contribution >= 0.6 is 11.6 Å². The van der Waals surface area contributed by atoms with Gasteiger partial charge >= 0.3 is 0 Å². The average molecular weight is 538 g/mol. The third-order valence-electron chi connectivity index (χ3n) is 5.20. The first-order valence-electron chi connectivity index (χ1n) is 10.2. The number of carbonyl (C=O) groups excluding carboxylic acids is 1. The lowest BCUT2D eigenvalue weighted by atomic mass is 10.1. The molecule has 0 aliphatic rings. The second kappa shape index (κ2) is 10.8. The highest BCUT2D eigenvalue weighted by Crippen LogP contribution is 2.33. The van der Waals surface area contributed by atoms with Crippen LogP contribution in [0.25, 0.3) is 0 Å². The van der Waals surface area contributed by atoms with E-state index in [4.69, 9.17) is 21.1 Å². The van der Waals surface area contributed by atoms with Crippen LogP contribution in [0.1, 0.15) is 5.56 Å². The number of sulfonamides is 1. The number of ether oxygens (including phenoxy) is 2. The number of amides is 1. The Morgan fingerprint density at radius 1 is 1.11 bits per heavy atom. The summed E-state index contributed by atoms with van der Waals surface area (Å²) < 4.78 is 52.1. The molecule has 0 bridgehead atoms. The normalized spacial score (nSPS) is 11.0. The topological polar surface area (TPSA) is 128 Å². The van der Waals surface area contributed by atoms with Crippen molar-refractivity contribution in [2.45, 2.75) is 11.8 Å². The van der Waals surface area contributed by atoms with Crippen LogP contribution in [0, 0.1) is 22.9 Å². The summed E-state index contributed by atoms with van der Waals surface area (Å²) in [5.41, 5.74) is 0.0276. The second-order valence-electron chi connectivity index (χ2n) is 7.38. The molecular formula is C23H21ClFN3O7S. The van der Waals surface area contributed by atoms with Crippen molar-refractivity contribution in [1.82, 2.24) is 0 Å². The molecule has 0 saturated carbocycles. The van der Waals surface area contributed by atoms with Gasteiger partial charge in [0.2, 0.25) is 5.91 Å². The molecule has 0 radical (unpaired) electrons. The number of nitro benzene ring substituents is 1. The minimum absolute atomic E-state index is 0.0814. The van der Waals surface area contributed by atoms with E-state index in [-0.39, 0.29) is 44.0 Å². The number of hydrogen-bond acceptors (Lipinski definition) is 7. The number of anilines is 2. The number of benzene rings is 3. The first-order valence-corrected chi connectivity index (χ1v) is 12.0. The zero-order valence-corrected chi connectivity index (χ0v) is 20.9. The van der Waals surface area contributed by atoms with Crippen molar-refractivity contribution in [1.29, 1.82) is 0 Å². The monoisotopic (exact) mass is 537 g/mol. The summed E-state index contributed by atoms with van der Waals surface area (Å²) in [6.45, 7) is 0.701. The lowest BCUT2D eigenvalue weighted by molar-refractivity contribution is -0.385. The van der Waals surface area contributed by atoms with Crippen LogP contribution in [0.3, 0.4) is 0 Å². The highest BCUT2D eigenvalue weighted by molar-refractivity contribution is 7.92. The Balaban J connectivity index is 2.04. The Kier molecular flexibility index (Phi) is 8.00. The van der Waals surface area contributed by atoms with Crippen molar-refractivity contribution in [2.75, 3.05) is 30.4 Å². The maximum atomic E-state index is 13.8. The van der Waals surface area contributed by atoms with Gasteiger partial charge in [0.05, 0.1) is 46.0 Å². The predicted octanol–water partition coefficient (Wildman–Crippen LogP) is 4.55. The minimum atomic E-state index is -4.41. The van der Waals surface area contributed by atoms with E-state index in [0.717, 1.165) is 22.5 Å². The highest BCUT2D eigenvalue weighted by Gasteiger charge is 2.29. The Morgan fingerprint density at radius 2 is 1.81 bits per heavy atom. The molecule has 0 spiro atoms. The molecule has 0 aromatic heterocycles. The number of methoxy groups -OCH3 is 2. The van der Waals surface area contributed by atoms with E-state index in [1.807, 2.05) is 0 Å². The van der Waals surface area contributed by atoms with Gasteiger partial charge in [0.25, 0.3) is 15.7 Å². The molecule has 3 aromatic carbocycles. The minimum Gasteiger partial charge on any atom is -0.493 e. The van der Waals surface area contributed by atoms with E-state index < -0.39 is 33.2 Å². The summed E-state index contributed by atoms with van der Waals surface area (Å²) in [5, 5.41) is 13.4. The molecule has 0 saturated heterocycles. The quantitative estimate of drug-likeness (QED) is 0.313. The molecule has 0 atom stereocenters. The van der Waals surface area contributed by atoms with Crippen LogP contribution in [0.15, 0.2) is 59.5 Å². The summed E-state index contributed by atoms with van der Waals surface area (Å²) in [7, 11) is -1.69. The molecule has 0 aliphatic carbocycles. The average Bonchev–Trinajstić information content (AvgIpc) is 2.84. The van der Waals surface area contributed by atoms with Gasteiger partial charge in [0.15, 0.2) is 11.5 Å². The number of nitro groups is 1. The molecule has 36 heavy (non-hydrogen) atoms. The molecule has 13 heteroatoms. The second-order valence-corrected chi connectivity index (χ2v) is 9.65. The maximum Gasteiger partial charge on any atom is 0.274 e. The molecule has 0 heterocycles. The largest absolute Gasteiger partial charge is 0.493 e. The number of hydrogen-bond donors (Lipinski definition) is 1. The van der Waals surface area contributed by atoms with Crippen LogP contribution in [0.2, 0.25) is 5.02 Å². The lowest BCUT2D eigenvalue weighted by Crippen LogP contribution is -2.38. The van der Waals surface area contributed by atoms with E-state index in [2.05, 4.69) is 5.32 Å². The van der Waals surface area contributed by atoms with Crippen LogP contribution in [-0.2, 0) is 14.8 Å². The highest BCUT2D eigenvalue weighted by atomic mass is 35.5. The van der Waals surface area contributed by atoms with Gasteiger partial charge in [-0.1, -0.05) is 17.7 Å². The Morgan fingerprint density at radius 3 is 2.42 bits per heavy atom. The first kappa shape index (κ1) is 26.7. The number of carbonyl (C=O) groups is 1. The fourth-order valence-corrected chi connectivity index (χ4v) is 4.94. The molecule has 1 amide bonds. The smallest absolute Gasteiger partial charge is 0.274 e. The summed E-state index contributed by atoms with van der Waals surface area (Å²) in [6, 6.07) is 11.2. The SMILES string of the molecule is COc1ccc(S(=O)(=O)N(CC(=O)Nc2cccc([N+](=O)[O-])c2C)c2ccc(F)c(Cl)c2)cc1OC. The summed E-state index contributed by atoms with van der Waals surface area (Å²) in [6.07, 6.45) is 0. The van der Waals surface area contributed by atoms with Gasteiger partial charge in [0.1, 0.15) is 12.4 Å². The summed E-state index contributed by atoms with van der Waals surface area (Å²) in [4.78, 5) is 23.3. The third-order valence-corrected chi connectivity index (χ3v) is 7.26. The standard InChI is InChI=1S/C23H21ClFN3O7S/c1-14-19(5-4-6-20(14)28(30)31)26-23(29)13-27(15-7-9-18(25)17(24)11-15)36(32,33)16-8-10-21(34-2)22(12-16)35-3/h4-12H,13H2,1-3H3,(H,26,29). The number of rotatable bonds is 9. The van der Waals surface area contributed by atoms with E-state index in [0.29, 0.717) is 0 Å². The Bertz CT molecular complexity index is 1430. The first-order chi connectivity index (χ1) is 17.0. The van der Waals surface area contributed by atoms with Crippen molar-refractivity contribution in [3.63, 3.8) is 0 Å². The van der Waals surface area contributed by atoms with E-state index in [1.54, 1.807) is 0 Å². The maximum absolute atomic E-state index is 13.8. The molecule has 190 valence electrons. The van der Waals surface area contributed by atoms with Crippen molar-refractivity contribution < 1.29 is 32.0 Å². The predicted molar refractivity (Wildman–Crippen MR) is 132 cm³/mol. The van der Waals surface area contributed by atoms with E-state index in [9.17, 15) is 27.7 Å². The van der Waals surface area contributed by atoms with Crippen LogP contribution in [-0.4, -0.2) is 40.0 Å². The van der Waals surface area contributed by atoms with E-state index >= 15 is 0 Å². The van der Waals surface area contributed by atoms with Crippen LogP contribution < -0.4 is 19.1 Å². The van der Waals surface area contributed by atoms with Crippen LogP contribution in [0.5, 0.6) is 11.5 Å². The van der Waals surface area contributed by atoms with Gasteiger partial charge in [-0.3, -0.25) is 19.2 Å².